The van der Waals surface area contributed by atoms with Gasteiger partial charge in [0.1, 0.15) is 0 Å². The van der Waals surface area contributed by atoms with E-state index in [0.29, 0.717) is 12.8 Å². The third-order valence-corrected chi connectivity index (χ3v) is 6.46. The first kappa shape index (κ1) is 21.2. The van der Waals surface area contributed by atoms with Gasteiger partial charge in [-0.05, 0) is 62.2 Å². The van der Waals surface area contributed by atoms with E-state index in [4.69, 9.17) is 10.2 Å². The lowest BCUT2D eigenvalue weighted by Crippen LogP contribution is -2.09. The van der Waals surface area contributed by atoms with Crippen LogP contribution in [0.25, 0.3) is 0 Å². The summed E-state index contributed by atoms with van der Waals surface area (Å²) in [7, 11) is 0. The van der Waals surface area contributed by atoms with Crippen LogP contribution in [0.4, 0.5) is 0 Å². The van der Waals surface area contributed by atoms with Crippen LogP contribution in [-0.4, -0.2) is 33.4 Å². The summed E-state index contributed by atoms with van der Waals surface area (Å²) in [5, 5.41) is 27.9. The molecule has 2 saturated carbocycles. The monoisotopic (exact) mass is 368 g/mol. The first-order valence-corrected chi connectivity index (χ1v) is 10.5. The highest BCUT2D eigenvalue weighted by atomic mass is 16.4. The van der Waals surface area contributed by atoms with E-state index in [1.54, 1.807) is 0 Å². The number of hydrogen-bond acceptors (Lipinski definition) is 3. The molecule has 3 N–H and O–H groups in total. The Hall–Kier alpha value is -1.10. The standard InChI is InChI=1S/C21H36O5/c22-17(7-3-1-5-9-20(11-12-20)15-18(23)24)8-4-2-6-10-21(13-14-21)16-19(25)26/h17,22H,1-16H2,(H,23,24)(H,25,26). The number of carboxylic acid groups (broad SMARTS) is 2. The molecule has 26 heavy (non-hydrogen) atoms. The maximum Gasteiger partial charge on any atom is 0.303 e. The van der Waals surface area contributed by atoms with Gasteiger partial charge in [0, 0.05) is 0 Å². The number of carboxylic acids is 2. The minimum Gasteiger partial charge on any atom is -0.481 e. The Labute approximate surface area is 157 Å². The van der Waals surface area contributed by atoms with Crippen LogP contribution in [0.5, 0.6) is 0 Å². The van der Waals surface area contributed by atoms with Crippen molar-refractivity contribution in [3.05, 3.63) is 0 Å². The number of carbonyl (C=O) groups is 2. The molecule has 0 radical (unpaired) electrons. The normalized spacial score (nSPS) is 19.5. The second-order valence-electron chi connectivity index (χ2n) is 8.99. The minimum absolute atomic E-state index is 0.101. The molecule has 0 unspecified atom stereocenters. The molecule has 0 atom stereocenters. The molecule has 0 heterocycles. The van der Waals surface area contributed by atoms with Crippen molar-refractivity contribution < 1.29 is 24.9 Å². The highest BCUT2D eigenvalue weighted by Crippen LogP contribution is 2.53. The number of aliphatic carboxylic acids is 2. The summed E-state index contributed by atoms with van der Waals surface area (Å²) in [6, 6.07) is 0. The highest BCUT2D eigenvalue weighted by molar-refractivity contribution is 5.68. The SMILES string of the molecule is O=C(O)CC1(CCCCCC(O)CCCCCC2(CC(=O)O)CC2)CC1. The summed E-state index contributed by atoms with van der Waals surface area (Å²) in [6.45, 7) is 0. The highest BCUT2D eigenvalue weighted by Gasteiger charge is 2.44. The molecule has 2 aliphatic carbocycles. The van der Waals surface area contributed by atoms with Crippen LogP contribution in [0, 0.1) is 10.8 Å². The van der Waals surface area contributed by atoms with Crippen LogP contribution in [0.2, 0.25) is 0 Å². The molecular weight excluding hydrogens is 332 g/mol. The fourth-order valence-electron chi connectivity index (χ4n) is 4.28. The Morgan fingerprint density at radius 2 is 1.08 bits per heavy atom. The van der Waals surface area contributed by atoms with Crippen LogP contribution >= 0.6 is 0 Å². The lowest BCUT2D eigenvalue weighted by Gasteiger charge is -2.14. The zero-order valence-electron chi connectivity index (χ0n) is 16.0. The summed E-state index contributed by atoms with van der Waals surface area (Å²) in [4.78, 5) is 21.7. The number of hydrogen-bond donors (Lipinski definition) is 3. The van der Waals surface area contributed by atoms with E-state index in [1.807, 2.05) is 0 Å². The second-order valence-corrected chi connectivity index (χ2v) is 8.99. The van der Waals surface area contributed by atoms with Gasteiger partial charge in [-0.25, -0.2) is 0 Å². The predicted molar refractivity (Wildman–Crippen MR) is 100 cm³/mol. The maximum atomic E-state index is 10.8. The number of unbranched alkanes of at least 4 members (excludes halogenated alkanes) is 4. The van der Waals surface area contributed by atoms with Gasteiger partial charge < -0.3 is 15.3 Å². The molecule has 0 saturated heterocycles. The van der Waals surface area contributed by atoms with E-state index in [9.17, 15) is 14.7 Å². The molecule has 0 amide bonds. The summed E-state index contributed by atoms with van der Waals surface area (Å²) >= 11 is 0. The van der Waals surface area contributed by atoms with Crippen molar-refractivity contribution in [2.75, 3.05) is 0 Å². The molecule has 0 spiro atoms. The summed E-state index contributed by atoms with van der Waals surface area (Å²) < 4.78 is 0. The molecule has 0 aromatic carbocycles. The molecule has 2 fully saturated rings. The molecule has 2 aliphatic rings. The van der Waals surface area contributed by atoms with Crippen LogP contribution in [0.1, 0.15) is 103 Å². The average molecular weight is 369 g/mol. The number of rotatable bonds is 16. The lowest BCUT2D eigenvalue weighted by atomic mass is 9.93. The molecule has 150 valence electrons. The zero-order valence-corrected chi connectivity index (χ0v) is 16.0. The molecule has 0 bridgehead atoms. The molecule has 5 nitrogen and oxygen atoms in total. The van der Waals surface area contributed by atoms with E-state index in [1.165, 1.54) is 0 Å². The molecule has 2 rings (SSSR count). The molecular formula is C21H36O5. The maximum absolute atomic E-state index is 10.8. The second kappa shape index (κ2) is 9.72. The first-order valence-electron chi connectivity index (χ1n) is 10.5. The Kier molecular flexibility index (Phi) is 7.93. The van der Waals surface area contributed by atoms with Crippen LogP contribution in [0.15, 0.2) is 0 Å². The van der Waals surface area contributed by atoms with Gasteiger partial charge in [-0.3, -0.25) is 9.59 Å². The Balaban J connectivity index is 1.40. The Bertz CT molecular complexity index is 423. The third-order valence-electron chi connectivity index (χ3n) is 6.46. The summed E-state index contributed by atoms with van der Waals surface area (Å²) in [6.07, 6.45) is 14.8. The molecule has 0 aromatic rings. The summed E-state index contributed by atoms with van der Waals surface area (Å²) in [5.41, 5.74) is 0.202. The van der Waals surface area contributed by atoms with Crippen molar-refractivity contribution in [1.29, 1.82) is 0 Å². The van der Waals surface area contributed by atoms with Crippen molar-refractivity contribution >= 4 is 11.9 Å². The quantitative estimate of drug-likeness (QED) is 0.341. The number of aliphatic hydroxyl groups is 1. The van der Waals surface area contributed by atoms with Gasteiger partial charge in [-0.1, -0.05) is 38.5 Å². The van der Waals surface area contributed by atoms with Crippen LogP contribution < -0.4 is 0 Å². The largest absolute Gasteiger partial charge is 0.481 e. The molecule has 0 aliphatic heterocycles. The third kappa shape index (κ3) is 8.07. The fourth-order valence-corrected chi connectivity index (χ4v) is 4.28. The molecule has 5 heteroatoms. The topological polar surface area (TPSA) is 94.8 Å². The van der Waals surface area contributed by atoms with Crippen molar-refractivity contribution in [2.24, 2.45) is 10.8 Å². The first-order chi connectivity index (χ1) is 12.3. The smallest absolute Gasteiger partial charge is 0.303 e. The Morgan fingerprint density at radius 1 is 0.692 bits per heavy atom. The van der Waals surface area contributed by atoms with Crippen LogP contribution in [-0.2, 0) is 9.59 Å². The van der Waals surface area contributed by atoms with E-state index in [2.05, 4.69) is 0 Å². The van der Waals surface area contributed by atoms with E-state index < -0.39 is 11.9 Å². The van der Waals surface area contributed by atoms with Crippen LogP contribution in [0.3, 0.4) is 0 Å². The van der Waals surface area contributed by atoms with Gasteiger partial charge >= 0.3 is 11.9 Å². The van der Waals surface area contributed by atoms with Gasteiger partial charge in [0.15, 0.2) is 0 Å². The fraction of sp³-hybridized carbons (Fsp3) is 0.905. The van der Waals surface area contributed by atoms with E-state index in [0.717, 1.165) is 89.9 Å². The Morgan fingerprint density at radius 3 is 1.38 bits per heavy atom. The number of aliphatic hydroxyl groups excluding tert-OH is 1. The van der Waals surface area contributed by atoms with Crippen molar-refractivity contribution in [1.82, 2.24) is 0 Å². The predicted octanol–water partition coefficient (Wildman–Crippen LogP) is 4.76. The minimum atomic E-state index is -0.673. The van der Waals surface area contributed by atoms with Gasteiger partial charge in [-0.2, -0.15) is 0 Å². The van der Waals surface area contributed by atoms with Crippen molar-refractivity contribution in [2.45, 2.75) is 109 Å². The van der Waals surface area contributed by atoms with Crippen molar-refractivity contribution in [3.63, 3.8) is 0 Å². The van der Waals surface area contributed by atoms with Gasteiger partial charge in [0.2, 0.25) is 0 Å². The van der Waals surface area contributed by atoms with Crippen molar-refractivity contribution in [3.8, 4) is 0 Å². The van der Waals surface area contributed by atoms with Gasteiger partial charge in [0.25, 0.3) is 0 Å². The molecule has 0 aromatic heterocycles. The van der Waals surface area contributed by atoms with Gasteiger partial charge in [-0.15, -0.1) is 0 Å². The van der Waals surface area contributed by atoms with Gasteiger partial charge in [0.05, 0.1) is 18.9 Å². The zero-order chi connectivity index (χ0) is 19.0. The van der Waals surface area contributed by atoms with E-state index in [-0.39, 0.29) is 16.9 Å². The summed E-state index contributed by atoms with van der Waals surface area (Å²) in [5.74, 6) is -1.35. The lowest BCUT2D eigenvalue weighted by molar-refractivity contribution is -0.139. The average Bonchev–Trinajstić information content (AvgIpc) is 3.45. The van der Waals surface area contributed by atoms with E-state index >= 15 is 0 Å².